The van der Waals surface area contributed by atoms with Crippen molar-refractivity contribution in [3.05, 3.63) is 70.0 Å². The second kappa shape index (κ2) is 6.95. The maximum absolute atomic E-state index is 10.8. The number of ether oxygens (including phenoxy) is 1. The van der Waals surface area contributed by atoms with Crippen molar-refractivity contribution in [2.45, 2.75) is 32.8 Å². The van der Waals surface area contributed by atoms with Crippen LogP contribution < -0.4 is 4.74 Å². The molecular formula is C19H20N4O3. The molecule has 0 aliphatic heterocycles. The van der Waals surface area contributed by atoms with E-state index in [-0.39, 0.29) is 17.7 Å². The zero-order valence-corrected chi connectivity index (χ0v) is 14.9. The lowest BCUT2D eigenvalue weighted by Crippen LogP contribution is -2.10. The second-order valence-corrected chi connectivity index (χ2v) is 6.98. The van der Waals surface area contributed by atoms with Crippen LogP contribution in [0.4, 0.5) is 5.69 Å². The van der Waals surface area contributed by atoms with Crippen LogP contribution in [0.5, 0.6) is 5.75 Å². The van der Waals surface area contributed by atoms with E-state index in [9.17, 15) is 10.1 Å². The highest BCUT2D eigenvalue weighted by Crippen LogP contribution is 2.25. The standard InChI is InChI=1S/C19H20N4O3/c1-19(2,3)14-9-7-13(8-10-14)18-20-17(21-22-18)12-26-16-6-4-5-15(11-16)23(24)25/h4-11H,12H2,1-3H3,(H,20,21,22). The molecule has 3 rings (SSSR count). The molecule has 7 nitrogen and oxygen atoms in total. The molecule has 0 unspecified atom stereocenters. The highest BCUT2D eigenvalue weighted by Gasteiger charge is 2.14. The fourth-order valence-electron chi connectivity index (χ4n) is 2.45. The van der Waals surface area contributed by atoms with Crippen LogP contribution in [-0.4, -0.2) is 20.1 Å². The van der Waals surface area contributed by atoms with Crippen molar-refractivity contribution in [2.75, 3.05) is 0 Å². The van der Waals surface area contributed by atoms with Crippen LogP contribution in [0.2, 0.25) is 0 Å². The van der Waals surface area contributed by atoms with Crippen LogP contribution in [0, 0.1) is 10.1 Å². The fourth-order valence-corrected chi connectivity index (χ4v) is 2.45. The number of benzene rings is 2. The summed E-state index contributed by atoms with van der Waals surface area (Å²) in [7, 11) is 0. The first-order chi connectivity index (χ1) is 12.3. The van der Waals surface area contributed by atoms with Crippen LogP contribution in [0.3, 0.4) is 0 Å². The summed E-state index contributed by atoms with van der Waals surface area (Å²) < 4.78 is 5.56. The SMILES string of the molecule is CC(C)(C)c1ccc(-c2n[nH]c(COc3cccc([N+](=O)[O-])c3)n2)cc1. The molecule has 7 heteroatoms. The van der Waals surface area contributed by atoms with E-state index in [0.29, 0.717) is 17.4 Å². The topological polar surface area (TPSA) is 93.9 Å². The summed E-state index contributed by atoms with van der Waals surface area (Å²) in [6, 6.07) is 14.2. The number of rotatable bonds is 5. The monoisotopic (exact) mass is 352 g/mol. The molecule has 1 aromatic heterocycles. The maximum Gasteiger partial charge on any atom is 0.273 e. The van der Waals surface area contributed by atoms with Crippen molar-refractivity contribution < 1.29 is 9.66 Å². The average Bonchev–Trinajstić information content (AvgIpc) is 3.08. The summed E-state index contributed by atoms with van der Waals surface area (Å²) in [5.74, 6) is 1.54. The smallest absolute Gasteiger partial charge is 0.273 e. The van der Waals surface area contributed by atoms with E-state index < -0.39 is 4.92 Å². The number of aromatic nitrogens is 3. The number of hydrogen-bond acceptors (Lipinski definition) is 5. The number of nitrogens with one attached hydrogen (secondary N) is 1. The molecular weight excluding hydrogens is 332 g/mol. The van der Waals surface area contributed by atoms with Gasteiger partial charge in [-0.2, -0.15) is 5.10 Å². The minimum atomic E-state index is -0.458. The van der Waals surface area contributed by atoms with E-state index >= 15 is 0 Å². The molecule has 3 aromatic rings. The van der Waals surface area contributed by atoms with Gasteiger partial charge in [0.1, 0.15) is 12.4 Å². The van der Waals surface area contributed by atoms with Gasteiger partial charge in [-0.15, -0.1) is 0 Å². The van der Waals surface area contributed by atoms with Crippen LogP contribution >= 0.6 is 0 Å². The van der Waals surface area contributed by atoms with E-state index in [1.165, 1.54) is 17.7 Å². The highest BCUT2D eigenvalue weighted by molar-refractivity contribution is 5.55. The van der Waals surface area contributed by atoms with Crippen LogP contribution in [0.25, 0.3) is 11.4 Å². The summed E-state index contributed by atoms with van der Waals surface area (Å²) in [6.45, 7) is 6.64. The van der Waals surface area contributed by atoms with Gasteiger partial charge in [-0.3, -0.25) is 15.2 Å². The minimum Gasteiger partial charge on any atom is -0.485 e. The van der Waals surface area contributed by atoms with Gasteiger partial charge in [-0.1, -0.05) is 51.1 Å². The Morgan fingerprint density at radius 1 is 1.15 bits per heavy atom. The van der Waals surface area contributed by atoms with Gasteiger partial charge in [-0.25, -0.2) is 4.98 Å². The Morgan fingerprint density at radius 2 is 1.88 bits per heavy atom. The summed E-state index contributed by atoms with van der Waals surface area (Å²) in [4.78, 5) is 14.8. The molecule has 0 spiro atoms. The largest absolute Gasteiger partial charge is 0.485 e. The average molecular weight is 352 g/mol. The van der Waals surface area contributed by atoms with Crippen molar-refractivity contribution in [3.63, 3.8) is 0 Å². The lowest BCUT2D eigenvalue weighted by Gasteiger charge is -2.18. The summed E-state index contributed by atoms with van der Waals surface area (Å²) in [5.41, 5.74) is 2.23. The number of non-ortho nitro benzene ring substituents is 1. The van der Waals surface area contributed by atoms with E-state index in [4.69, 9.17) is 4.74 Å². The predicted molar refractivity (Wildman–Crippen MR) is 97.9 cm³/mol. The van der Waals surface area contributed by atoms with Gasteiger partial charge < -0.3 is 4.74 Å². The first-order valence-corrected chi connectivity index (χ1v) is 8.22. The first kappa shape index (κ1) is 17.6. The Balaban J connectivity index is 1.68. The Morgan fingerprint density at radius 3 is 2.54 bits per heavy atom. The lowest BCUT2D eigenvalue weighted by molar-refractivity contribution is -0.384. The summed E-state index contributed by atoms with van der Waals surface area (Å²) >= 11 is 0. The zero-order chi connectivity index (χ0) is 18.7. The minimum absolute atomic E-state index is 0.0142. The maximum atomic E-state index is 10.8. The third-order valence-corrected chi connectivity index (χ3v) is 3.94. The molecule has 0 saturated carbocycles. The Bertz CT molecular complexity index is 911. The third kappa shape index (κ3) is 4.05. The van der Waals surface area contributed by atoms with Gasteiger partial charge in [0.15, 0.2) is 11.6 Å². The van der Waals surface area contributed by atoms with Gasteiger partial charge in [0.2, 0.25) is 0 Å². The molecule has 134 valence electrons. The molecule has 0 atom stereocenters. The Kier molecular flexibility index (Phi) is 4.71. The molecule has 0 aliphatic rings. The van der Waals surface area contributed by atoms with E-state index in [0.717, 1.165) is 5.56 Å². The zero-order valence-electron chi connectivity index (χ0n) is 14.9. The summed E-state index contributed by atoms with van der Waals surface area (Å²) in [5, 5.41) is 17.8. The van der Waals surface area contributed by atoms with Gasteiger partial charge in [-0.05, 0) is 17.0 Å². The number of H-pyrrole nitrogens is 1. The molecule has 1 heterocycles. The van der Waals surface area contributed by atoms with Crippen LogP contribution in [0.15, 0.2) is 48.5 Å². The number of nitro benzene ring substituents is 1. The van der Waals surface area contributed by atoms with Crippen molar-refractivity contribution in [3.8, 4) is 17.1 Å². The summed E-state index contributed by atoms with van der Waals surface area (Å²) in [6.07, 6.45) is 0. The van der Waals surface area contributed by atoms with E-state index in [1.807, 2.05) is 12.1 Å². The molecule has 0 radical (unpaired) electrons. The highest BCUT2D eigenvalue weighted by atomic mass is 16.6. The second-order valence-electron chi connectivity index (χ2n) is 6.98. The fraction of sp³-hybridized carbons (Fsp3) is 0.263. The van der Waals surface area contributed by atoms with Gasteiger partial charge >= 0.3 is 0 Å². The quantitative estimate of drug-likeness (QED) is 0.547. The molecule has 1 N–H and O–H groups in total. The Labute approximate surface area is 151 Å². The lowest BCUT2D eigenvalue weighted by atomic mass is 9.87. The molecule has 0 amide bonds. The van der Waals surface area contributed by atoms with Gasteiger partial charge in [0.25, 0.3) is 5.69 Å². The number of aromatic amines is 1. The number of hydrogen-bond donors (Lipinski definition) is 1. The number of nitrogens with zero attached hydrogens (tertiary/aromatic N) is 3. The van der Waals surface area contributed by atoms with Crippen molar-refractivity contribution in [2.24, 2.45) is 0 Å². The number of nitro groups is 1. The molecule has 0 fully saturated rings. The van der Waals surface area contributed by atoms with Gasteiger partial charge in [0.05, 0.1) is 11.0 Å². The van der Waals surface area contributed by atoms with Crippen molar-refractivity contribution in [1.82, 2.24) is 15.2 Å². The Hall–Kier alpha value is -3.22. The molecule has 2 aromatic carbocycles. The normalized spacial score (nSPS) is 11.3. The first-order valence-electron chi connectivity index (χ1n) is 8.22. The van der Waals surface area contributed by atoms with E-state index in [2.05, 4.69) is 48.1 Å². The molecule has 0 aliphatic carbocycles. The molecule has 0 saturated heterocycles. The van der Waals surface area contributed by atoms with Crippen molar-refractivity contribution in [1.29, 1.82) is 0 Å². The molecule has 26 heavy (non-hydrogen) atoms. The predicted octanol–water partition coefficient (Wildman–Crippen LogP) is 4.26. The van der Waals surface area contributed by atoms with E-state index in [1.54, 1.807) is 12.1 Å². The van der Waals surface area contributed by atoms with Crippen LogP contribution in [0.1, 0.15) is 32.2 Å². The molecule has 0 bridgehead atoms. The van der Waals surface area contributed by atoms with Crippen LogP contribution in [-0.2, 0) is 12.0 Å². The van der Waals surface area contributed by atoms with Gasteiger partial charge in [0, 0.05) is 11.6 Å². The third-order valence-electron chi connectivity index (χ3n) is 3.94. The van der Waals surface area contributed by atoms with Crippen molar-refractivity contribution >= 4 is 5.69 Å².